The summed E-state index contributed by atoms with van der Waals surface area (Å²) in [5.41, 5.74) is 0.374. The third kappa shape index (κ3) is 2.94. The Morgan fingerprint density at radius 3 is 2.58 bits per heavy atom. The number of aryl methyl sites for hydroxylation is 1. The maximum Gasteiger partial charge on any atom is 0.260 e. The summed E-state index contributed by atoms with van der Waals surface area (Å²) in [5.74, 6) is -0.653. The van der Waals surface area contributed by atoms with E-state index in [2.05, 4.69) is 30.7 Å². The first-order chi connectivity index (χ1) is 9.10. The number of nitrogens with zero attached hydrogens (tertiary/aromatic N) is 4. The molecule has 0 atom stereocenters. The smallest absolute Gasteiger partial charge is 0.260 e. The Morgan fingerprint density at radius 1 is 1.32 bits per heavy atom. The van der Waals surface area contributed by atoms with Crippen LogP contribution in [0.15, 0.2) is 17.0 Å². The van der Waals surface area contributed by atoms with Crippen molar-refractivity contribution in [2.24, 2.45) is 0 Å². The molecule has 2 N–H and O–H groups in total. The number of amides is 2. The molecule has 19 heavy (non-hydrogen) atoms. The molecular weight excluding hydrogens is 252 g/mol. The van der Waals surface area contributed by atoms with Gasteiger partial charge in [0.2, 0.25) is 17.5 Å². The van der Waals surface area contributed by atoms with Crippen LogP contribution in [0.1, 0.15) is 24.2 Å². The minimum atomic E-state index is -0.415. The molecule has 2 amide bonds. The molecule has 0 aliphatic heterocycles. The lowest BCUT2D eigenvalue weighted by molar-refractivity contribution is -0.114. The lowest BCUT2D eigenvalue weighted by atomic mass is 10.3. The number of rotatable bonds is 4. The van der Waals surface area contributed by atoms with Crippen molar-refractivity contribution >= 4 is 23.5 Å². The van der Waals surface area contributed by atoms with Crippen LogP contribution in [-0.4, -0.2) is 31.9 Å². The lowest BCUT2D eigenvalue weighted by Crippen LogP contribution is -2.14. The highest BCUT2D eigenvalue weighted by Gasteiger charge is 2.16. The van der Waals surface area contributed by atoms with Gasteiger partial charge in [-0.2, -0.15) is 5.10 Å². The van der Waals surface area contributed by atoms with Gasteiger partial charge in [0.15, 0.2) is 0 Å². The maximum atomic E-state index is 11.9. The van der Waals surface area contributed by atoms with Gasteiger partial charge in [0.1, 0.15) is 0 Å². The highest BCUT2D eigenvalue weighted by atomic mass is 16.6. The lowest BCUT2D eigenvalue weighted by Gasteiger charge is -2.00. The van der Waals surface area contributed by atoms with Crippen molar-refractivity contribution in [2.75, 3.05) is 10.6 Å². The summed E-state index contributed by atoms with van der Waals surface area (Å²) in [6.07, 6.45) is 3.03. The summed E-state index contributed by atoms with van der Waals surface area (Å²) in [6, 6.07) is 0. The molecule has 9 nitrogen and oxygen atoms in total. The Labute approximate surface area is 107 Å². The Morgan fingerprint density at radius 2 is 2.00 bits per heavy atom. The molecule has 0 unspecified atom stereocenters. The zero-order valence-corrected chi connectivity index (χ0v) is 10.4. The van der Waals surface area contributed by atoms with Crippen molar-refractivity contribution in [3.8, 4) is 0 Å². The Balaban J connectivity index is 2.10. The van der Waals surface area contributed by atoms with Crippen LogP contribution in [0.3, 0.4) is 0 Å². The van der Waals surface area contributed by atoms with Gasteiger partial charge in [-0.3, -0.25) is 14.3 Å². The van der Waals surface area contributed by atoms with Gasteiger partial charge in [-0.15, -0.1) is 0 Å². The SMILES string of the molecule is CCn1cc(C(=O)Nc2nonc2NC(C)=O)cn1. The van der Waals surface area contributed by atoms with Crippen LogP contribution in [0.5, 0.6) is 0 Å². The molecule has 2 heterocycles. The molecule has 0 saturated carbocycles. The van der Waals surface area contributed by atoms with Gasteiger partial charge < -0.3 is 10.6 Å². The van der Waals surface area contributed by atoms with Crippen LogP contribution in [0.25, 0.3) is 0 Å². The number of carbonyl (C=O) groups excluding carboxylic acids is 2. The molecule has 0 saturated heterocycles. The maximum absolute atomic E-state index is 11.9. The van der Waals surface area contributed by atoms with Crippen molar-refractivity contribution in [2.45, 2.75) is 20.4 Å². The number of hydrogen-bond donors (Lipinski definition) is 2. The van der Waals surface area contributed by atoms with Crippen LogP contribution in [-0.2, 0) is 11.3 Å². The van der Waals surface area contributed by atoms with E-state index in [4.69, 9.17) is 0 Å². The van der Waals surface area contributed by atoms with E-state index in [1.165, 1.54) is 13.1 Å². The quantitative estimate of drug-likeness (QED) is 0.830. The third-order valence-corrected chi connectivity index (χ3v) is 2.23. The molecular formula is C10H12N6O3. The van der Waals surface area contributed by atoms with E-state index in [1.54, 1.807) is 10.9 Å². The molecule has 0 aliphatic carbocycles. The molecule has 0 aromatic carbocycles. The average Bonchev–Trinajstić information content (AvgIpc) is 2.98. The van der Waals surface area contributed by atoms with Crippen molar-refractivity contribution < 1.29 is 14.2 Å². The summed E-state index contributed by atoms with van der Waals surface area (Å²) >= 11 is 0. The van der Waals surface area contributed by atoms with Gasteiger partial charge in [0, 0.05) is 19.7 Å². The number of nitrogens with one attached hydrogen (secondary N) is 2. The van der Waals surface area contributed by atoms with Crippen molar-refractivity contribution in [1.29, 1.82) is 0 Å². The minimum absolute atomic E-state index is 0.0458. The molecule has 0 spiro atoms. The van der Waals surface area contributed by atoms with Crippen molar-refractivity contribution in [3.63, 3.8) is 0 Å². The van der Waals surface area contributed by atoms with Crippen LogP contribution < -0.4 is 10.6 Å². The first kappa shape index (κ1) is 12.7. The second-order valence-electron chi connectivity index (χ2n) is 3.68. The first-order valence-electron chi connectivity index (χ1n) is 5.54. The Kier molecular flexibility index (Phi) is 3.55. The molecule has 9 heteroatoms. The van der Waals surface area contributed by atoms with E-state index in [0.717, 1.165) is 0 Å². The summed E-state index contributed by atoms with van der Waals surface area (Å²) in [7, 11) is 0. The highest BCUT2D eigenvalue weighted by molar-refractivity contribution is 6.05. The fourth-order valence-electron chi connectivity index (χ4n) is 1.35. The molecule has 0 radical (unpaired) electrons. The third-order valence-electron chi connectivity index (χ3n) is 2.23. The van der Waals surface area contributed by atoms with E-state index in [1.807, 2.05) is 6.92 Å². The molecule has 0 bridgehead atoms. The number of aromatic nitrogens is 4. The van der Waals surface area contributed by atoms with Crippen LogP contribution in [0.4, 0.5) is 11.6 Å². The van der Waals surface area contributed by atoms with Gasteiger partial charge in [0.25, 0.3) is 5.91 Å². The predicted molar refractivity (Wildman–Crippen MR) is 64.5 cm³/mol. The second-order valence-corrected chi connectivity index (χ2v) is 3.68. The monoisotopic (exact) mass is 264 g/mol. The fourth-order valence-corrected chi connectivity index (χ4v) is 1.35. The van der Waals surface area contributed by atoms with Crippen LogP contribution in [0, 0.1) is 0 Å². The minimum Gasteiger partial charge on any atom is -0.305 e. The van der Waals surface area contributed by atoms with Crippen LogP contribution >= 0.6 is 0 Å². The van der Waals surface area contributed by atoms with Crippen LogP contribution in [0.2, 0.25) is 0 Å². The summed E-state index contributed by atoms with van der Waals surface area (Å²) in [4.78, 5) is 22.8. The van der Waals surface area contributed by atoms with E-state index in [9.17, 15) is 9.59 Å². The van der Waals surface area contributed by atoms with Crippen molar-refractivity contribution in [3.05, 3.63) is 18.0 Å². The fraction of sp³-hybridized carbons (Fsp3) is 0.300. The average molecular weight is 264 g/mol. The Hall–Kier alpha value is -2.71. The summed E-state index contributed by atoms with van der Waals surface area (Å²) in [5, 5.41) is 15.8. The number of carbonyl (C=O) groups is 2. The number of anilines is 2. The topological polar surface area (TPSA) is 115 Å². The van der Waals surface area contributed by atoms with Gasteiger partial charge >= 0.3 is 0 Å². The summed E-state index contributed by atoms with van der Waals surface area (Å²) in [6.45, 7) is 3.88. The zero-order valence-electron chi connectivity index (χ0n) is 10.4. The largest absolute Gasteiger partial charge is 0.305 e. The van der Waals surface area contributed by atoms with Gasteiger partial charge in [0.05, 0.1) is 11.8 Å². The molecule has 2 rings (SSSR count). The molecule has 2 aromatic heterocycles. The Bertz CT molecular complexity index is 602. The molecule has 0 aliphatic rings. The molecule has 100 valence electrons. The van der Waals surface area contributed by atoms with Crippen molar-refractivity contribution in [1.82, 2.24) is 20.1 Å². The number of hydrogen-bond acceptors (Lipinski definition) is 6. The second kappa shape index (κ2) is 5.29. The molecule has 0 fully saturated rings. The highest BCUT2D eigenvalue weighted by Crippen LogP contribution is 2.16. The van der Waals surface area contributed by atoms with E-state index >= 15 is 0 Å². The standard InChI is InChI=1S/C10H12N6O3/c1-3-16-5-7(4-11-16)10(18)13-9-8(12-6(2)17)14-19-15-9/h4-5H,3H2,1-2H3,(H,12,14,17)(H,13,15,18). The zero-order chi connectivity index (χ0) is 13.8. The molecule has 2 aromatic rings. The van der Waals surface area contributed by atoms with E-state index in [-0.39, 0.29) is 17.5 Å². The summed E-state index contributed by atoms with van der Waals surface area (Å²) < 4.78 is 6.08. The van der Waals surface area contributed by atoms with E-state index < -0.39 is 5.91 Å². The van der Waals surface area contributed by atoms with Gasteiger partial charge in [-0.1, -0.05) is 0 Å². The van der Waals surface area contributed by atoms with E-state index in [0.29, 0.717) is 12.1 Å². The predicted octanol–water partition coefficient (Wildman–Crippen LogP) is 0.497. The first-order valence-corrected chi connectivity index (χ1v) is 5.54. The van der Waals surface area contributed by atoms with Gasteiger partial charge in [-0.05, 0) is 17.2 Å². The van der Waals surface area contributed by atoms with Gasteiger partial charge in [-0.25, -0.2) is 4.63 Å². The normalized spacial score (nSPS) is 10.2.